The van der Waals surface area contributed by atoms with Crippen molar-refractivity contribution in [3.8, 4) is 0 Å². The third-order valence-corrected chi connectivity index (χ3v) is 2.28. The van der Waals surface area contributed by atoms with Crippen LogP contribution in [0.4, 0.5) is 0 Å². The van der Waals surface area contributed by atoms with Crippen LogP contribution in [0.5, 0.6) is 0 Å². The van der Waals surface area contributed by atoms with Gasteiger partial charge in [0.15, 0.2) is 0 Å². The Labute approximate surface area is 76.4 Å². The van der Waals surface area contributed by atoms with E-state index in [1.54, 1.807) is 17.7 Å². The Balaban J connectivity index is 2.95. The zero-order valence-corrected chi connectivity index (χ0v) is 7.74. The number of hydrogen-bond acceptors (Lipinski definition) is 1. The second-order valence-corrected chi connectivity index (χ2v) is 3.29. The molecule has 2 heteroatoms. The number of nitrogens with zero attached hydrogens (tertiary/aromatic N) is 1. The Morgan fingerprint density at radius 1 is 1.15 bits per heavy atom. The molecule has 0 aliphatic heterocycles. The van der Waals surface area contributed by atoms with E-state index < -0.39 is 0 Å². The van der Waals surface area contributed by atoms with Crippen molar-refractivity contribution in [2.45, 2.75) is 6.92 Å². The molecule has 0 unspecified atom stereocenters. The lowest BCUT2D eigenvalue weighted by atomic mass is 10.1. The molecule has 1 aromatic heterocycles. The summed E-state index contributed by atoms with van der Waals surface area (Å²) in [6, 6.07) is 9.54. The highest BCUT2D eigenvalue weighted by molar-refractivity contribution is 5.79. The zero-order valence-electron chi connectivity index (χ0n) is 7.74. The maximum atomic E-state index is 11.3. The number of rotatable bonds is 0. The smallest absolute Gasteiger partial charge is 0.250 e. The molecule has 0 amide bonds. The second kappa shape index (κ2) is 2.73. The quantitative estimate of drug-likeness (QED) is 0.596. The first-order valence-corrected chi connectivity index (χ1v) is 4.25. The van der Waals surface area contributed by atoms with Gasteiger partial charge >= 0.3 is 0 Å². The Kier molecular flexibility index (Phi) is 1.69. The van der Waals surface area contributed by atoms with Crippen molar-refractivity contribution in [1.29, 1.82) is 0 Å². The molecule has 0 spiro atoms. The van der Waals surface area contributed by atoms with Crippen molar-refractivity contribution < 1.29 is 0 Å². The standard InChI is InChI=1S/C11H11NO/c1-8-3-5-10-9(7-8)4-6-11(13)12(10)2/h3-7H,1-2H3. The van der Waals surface area contributed by atoms with Crippen LogP contribution in [0.1, 0.15) is 5.56 Å². The first-order chi connectivity index (χ1) is 6.18. The third kappa shape index (κ3) is 1.24. The number of aromatic nitrogens is 1. The maximum absolute atomic E-state index is 11.3. The minimum absolute atomic E-state index is 0.0383. The van der Waals surface area contributed by atoms with Gasteiger partial charge in [0.2, 0.25) is 0 Å². The van der Waals surface area contributed by atoms with Crippen LogP contribution in [-0.2, 0) is 7.05 Å². The summed E-state index contributed by atoms with van der Waals surface area (Å²) in [4.78, 5) is 11.3. The van der Waals surface area contributed by atoms with Gasteiger partial charge in [-0.25, -0.2) is 0 Å². The first-order valence-electron chi connectivity index (χ1n) is 4.25. The molecule has 1 heterocycles. The summed E-state index contributed by atoms with van der Waals surface area (Å²) < 4.78 is 1.66. The van der Waals surface area contributed by atoms with Crippen molar-refractivity contribution in [3.63, 3.8) is 0 Å². The van der Waals surface area contributed by atoms with E-state index in [1.165, 1.54) is 5.56 Å². The summed E-state index contributed by atoms with van der Waals surface area (Å²) in [7, 11) is 1.79. The van der Waals surface area contributed by atoms with E-state index in [2.05, 4.69) is 6.07 Å². The van der Waals surface area contributed by atoms with E-state index in [-0.39, 0.29) is 5.56 Å². The average Bonchev–Trinajstić information content (AvgIpc) is 2.12. The lowest BCUT2D eigenvalue weighted by molar-refractivity contribution is 0.906. The number of pyridine rings is 1. The fourth-order valence-corrected chi connectivity index (χ4v) is 1.50. The van der Waals surface area contributed by atoms with E-state index in [1.807, 2.05) is 25.1 Å². The molecule has 0 bridgehead atoms. The molecular formula is C11H11NO. The highest BCUT2D eigenvalue weighted by atomic mass is 16.1. The van der Waals surface area contributed by atoms with E-state index in [0.29, 0.717) is 0 Å². The average molecular weight is 173 g/mol. The molecule has 0 saturated heterocycles. The highest BCUT2D eigenvalue weighted by Crippen LogP contribution is 2.12. The number of aryl methyl sites for hydroxylation is 2. The topological polar surface area (TPSA) is 22.0 Å². The molecule has 2 nitrogen and oxygen atoms in total. The predicted octanol–water partition coefficient (Wildman–Crippen LogP) is 1.85. The first kappa shape index (κ1) is 8.05. The van der Waals surface area contributed by atoms with Crippen LogP contribution in [0.3, 0.4) is 0 Å². The lowest BCUT2D eigenvalue weighted by Gasteiger charge is -2.04. The van der Waals surface area contributed by atoms with Gasteiger partial charge in [-0.15, -0.1) is 0 Å². The molecule has 0 fully saturated rings. The SMILES string of the molecule is Cc1ccc2c(ccc(=O)n2C)c1. The molecule has 0 radical (unpaired) electrons. The fourth-order valence-electron chi connectivity index (χ4n) is 1.50. The molecule has 1 aromatic carbocycles. The van der Waals surface area contributed by atoms with Crippen LogP contribution < -0.4 is 5.56 Å². The molecule has 2 aromatic rings. The van der Waals surface area contributed by atoms with Crippen LogP contribution >= 0.6 is 0 Å². The Hall–Kier alpha value is -1.57. The normalized spacial score (nSPS) is 10.6. The predicted molar refractivity (Wildman–Crippen MR) is 53.9 cm³/mol. The monoisotopic (exact) mass is 173 g/mol. The van der Waals surface area contributed by atoms with Gasteiger partial charge in [0, 0.05) is 13.1 Å². The van der Waals surface area contributed by atoms with Crippen molar-refractivity contribution in [2.24, 2.45) is 7.05 Å². The summed E-state index contributed by atoms with van der Waals surface area (Å²) in [5, 5.41) is 1.11. The zero-order chi connectivity index (χ0) is 9.42. The number of benzene rings is 1. The molecule has 0 aliphatic rings. The van der Waals surface area contributed by atoms with Crippen molar-refractivity contribution >= 4 is 10.9 Å². The molecule has 0 saturated carbocycles. The van der Waals surface area contributed by atoms with Gasteiger partial charge in [0.05, 0.1) is 5.52 Å². The summed E-state index contributed by atoms with van der Waals surface area (Å²) in [5.41, 5.74) is 2.24. The minimum Gasteiger partial charge on any atom is -0.311 e. The van der Waals surface area contributed by atoms with Crippen LogP contribution in [0, 0.1) is 6.92 Å². The third-order valence-electron chi connectivity index (χ3n) is 2.28. The van der Waals surface area contributed by atoms with Crippen molar-refractivity contribution in [2.75, 3.05) is 0 Å². The Morgan fingerprint density at radius 3 is 2.69 bits per heavy atom. The summed E-state index contributed by atoms with van der Waals surface area (Å²) in [5.74, 6) is 0. The van der Waals surface area contributed by atoms with E-state index in [9.17, 15) is 4.79 Å². The minimum atomic E-state index is 0.0383. The number of hydrogen-bond donors (Lipinski definition) is 0. The summed E-state index contributed by atoms with van der Waals surface area (Å²) >= 11 is 0. The van der Waals surface area contributed by atoms with Crippen LogP contribution in [0.15, 0.2) is 35.1 Å². The molecule has 0 N–H and O–H groups in total. The van der Waals surface area contributed by atoms with Gasteiger partial charge < -0.3 is 4.57 Å². The van der Waals surface area contributed by atoms with E-state index >= 15 is 0 Å². The second-order valence-electron chi connectivity index (χ2n) is 3.29. The van der Waals surface area contributed by atoms with Gasteiger partial charge in [0.1, 0.15) is 0 Å². The van der Waals surface area contributed by atoms with Gasteiger partial charge in [-0.2, -0.15) is 0 Å². The van der Waals surface area contributed by atoms with Crippen molar-refractivity contribution in [1.82, 2.24) is 4.57 Å². The van der Waals surface area contributed by atoms with Crippen LogP contribution in [0.25, 0.3) is 10.9 Å². The number of fused-ring (bicyclic) bond motifs is 1. The Bertz CT molecular complexity index is 511. The molecule has 13 heavy (non-hydrogen) atoms. The van der Waals surface area contributed by atoms with E-state index in [4.69, 9.17) is 0 Å². The molecule has 2 rings (SSSR count). The van der Waals surface area contributed by atoms with Crippen molar-refractivity contribution in [3.05, 3.63) is 46.2 Å². The molecule has 66 valence electrons. The van der Waals surface area contributed by atoms with Gasteiger partial charge in [-0.05, 0) is 30.5 Å². The van der Waals surface area contributed by atoms with Crippen LogP contribution in [-0.4, -0.2) is 4.57 Å². The Morgan fingerprint density at radius 2 is 1.92 bits per heavy atom. The maximum Gasteiger partial charge on any atom is 0.250 e. The molecule has 0 aliphatic carbocycles. The van der Waals surface area contributed by atoms with E-state index in [0.717, 1.165) is 10.9 Å². The largest absolute Gasteiger partial charge is 0.311 e. The van der Waals surface area contributed by atoms with Gasteiger partial charge in [-0.3, -0.25) is 4.79 Å². The summed E-state index contributed by atoms with van der Waals surface area (Å²) in [6.07, 6.45) is 0. The van der Waals surface area contributed by atoms with Crippen LogP contribution in [0.2, 0.25) is 0 Å². The molecular weight excluding hydrogens is 162 g/mol. The lowest BCUT2D eigenvalue weighted by Crippen LogP contribution is -2.14. The highest BCUT2D eigenvalue weighted by Gasteiger charge is 1.97. The van der Waals surface area contributed by atoms with Gasteiger partial charge in [0.25, 0.3) is 5.56 Å². The van der Waals surface area contributed by atoms with Gasteiger partial charge in [-0.1, -0.05) is 11.6 Å². The fraction of sp³-hybridized carbons (Fsp3) is 0.182. The molecule has 0 atom stereocenters. The summed E-state index contributed by atoms with van der Waals surface area (Å²) in [6.45, 7) is 2.05.